The number of allylic oxidation sites excluding steroid dienone is 1. The summed E-state index contributed by atoms with van der Waals surface area (Å²) in [6.07, 6.45) is 5.25. The smallest absolute Gasteiger partial charge is 0.159 e. The maximum Gasteiger partial charge on any atom is 0.159 e. The summed E-state index contributed by atoms with van der Waals surface area (Å²) in [6.45, 7) is 12.1. The lowest BCUT2D eigenvalue weighted by atomic mass is 9.49. The Labute approximate surface area is 151 Å². The first-order valence-electron chi connectivity index (χ1n) is 9.72. The Bertz CT molecular complexity index is 680. The van der Waals surface area contributed by atoms with Crippen LogP contribution >= 0.6 is 0 Å². The minimum absolute atomic E-state index is 0.137. The third-order valence-corrected chi connectivity index (χ3v) is 7.00. The lowest BCUT2D eigenvalue weighted by molar-refractivity contribution is -0.0107. The van der Waals surface area contributed by atoms with Crippen LogP contribution < -0.4 is 4.90 Å². The SMILES string of the molecule is CC(=O)c1ccc(N2CCN(CC3=CC[C@H]4C[C@H]3C4(C)C)CC2)cc1. The fraction of sp³-hybridized carbons (Fsp3) is 0.591. The van der Waals surface area contributed by atoms with Gasteiger partial charge in [-0.3, -0.25) is 9.69 Å². The van der Waals surface area contributed by atoms with Gasteiger partial charge in [-0.05, 0) is 61.3 Å². The van der Waals surface area contributed by atoms with Gasteiger partial charge in [0.25, 0.3) is 0 Å². The average Bonchev–Trinajstić information content (AvgIpc) is 2.62. The van der Waals surface area contributed by atoms with E-state index in [1.54, 1.807) is 12.5 Å². The molecule has 2 bridgehead atoms. The van der Waals surface area contributed by atoms with Crippen LogP contribution in [0.4, 0.5) is 5.69 Å². The molecule has 1 aromatic carbocycles. The molecular formula is C22H30N2O. The zero-order valence-corrected chi connectivity index (χ0v) is 15.8. The molecule has 0 spiro atoms. The fourth-order valence-electron chi connectivity index (χ4n) is 4.99. The van der Waals surface area contributed by atoms with Gasteiger partial charge >= 0.3 is 0 Å². The van der Waals surface area contributed by atoms with Gasteiger partial charge in [-0.1, -0.05) is 25.5 Å². The van der Waals surface area contributed by atoms with Gasteiger partial charge in [-0.25, -0.2) is 0 Å². The second-order valence-electron chi connectivity index (χ2n) is 8.69. The molecule has 0 N–H and O–H groups in total. The standard InChI is InChI=1S/C22H30N2O/c1-16(25)17-5-8-20(9-6-17)24-12-10-23(11-13-24)15-18-4-7-19-14-21(18)22(19,2)3/h4-6,8-9,19,21H,7,10-15H2,1-3H3/t19-,21+/m0/s1. The van der Waals surface area contributed by atoms with Gasteiger partial charge in [0.05, 0.1) is 0 Å². The molecule has 5 rings (SSSR count). The normalized spacial score (nSPS) is 28.3. The molecule has 134 valence electrons. The number of nitrogens with zero attached hydrogens (tertiary/aromatic N) is 2. The number of fused-ring (bicyclic) bond motifs is 1. The van der Waals surface area contributed by atoms with E-state index in [9.17, 15) is 4.79 Å². The Kier molecular flexibility index (Phi) is 4.23. The number of carbonyl (C=O) groups is 1. The molecule has 25 heavy (non-hydrogen) atoms. The monoisotopic (exact) mass is 338 g/mol. The predicted octanol–water partition coefficient (Wildman–Crippen LogP) is 4.00. The average molecular weight is 338 g/mol. The zero-order valence-electron chi connectivity index (χ0n) is 15.8. The van der Waals surface area contributed by atoms with Crippen LogP contribution in [-0.2, 0) is 0 Å². The quantitative estimate of drug-likeness (QED) is 0.612. The Morgan fingerprint density at radius 1 is 1.12 bits per heavy atom. The van der Waals surface area contributed by atoms with E-state index in [0.29, 0.717) is 5.41 Å². The molecule has 3 aliphatic carbocycles. The van der Waals surface area contributed by atoms with Crippen LogP contribution in [0.15, 0.2) is 35.9 Å². The maximum absolute atomic E-state index is 11.4. The van der Waals surface area contributed by atoms with E-state index in [2.05, 4.69) is 41.9 Å². The van der Waals surface area contributed by atoms with Crippen molar-refractivity contribution in [2.75, 3.05) is 37.6 Å². The Balaban J connectivity index is 1.33. The molecule has 2 atom stereocenters. The number of carbonyl (C=O) groups excluding carboxylic acids is 1. The van der Waals surface area contributed by atoms with E-state index in [1.807, 2.05) is 12.1 Å². The van der Waals surface area contributed by atoms with E-state index >= 15 is 0 Å². The van der Waals surface area contributed by atoms with Gasteiger partial charge < -0.3 is 4.90 Å². The van der Waals surface area contributed by atoms with Gasteiger partial charge in [-0.2, -0.15) is 0 Å². The summed E-state index contributed by atoms with van der Waals surface area (Å²) < 4.78 is 0. The summed E-state index contributed by atoms with van der Waals surface area (Å²) >= 11 is 0. The van der Waals surface area contributed by atoms with Crippen molar-refractivity contribution in [3.05, 3.63) is 41.5 Å². The third kappa shape index (κ3) is 3.03. The summed E-state index contributed by atoms with van der Waals surface area (Å²) in [7, 11) is 0. The van der Waals surface area contributed by atoms with E-state index < -0.39 is 0 Å². The van der Waals surface area contributed by atoms with Gasteiger partial charge in [-0.15, -0.1) is 0 Å². The molecule has 0 radical (unpaired) electrons. The summed E-state index contributed by atoms with van der Waals surface area (Å²) in [5.41, 5.74) is 4.27. The van der Waals surface area contributed by atoms with Crippen molar-refractivity contribution in [2.24, 2.45) is 17.3 Å². The lowest BCUT2D eigenvalue weighted by Gasteiger charge is -2.57. The lowest BCUT2D eigenvalue weighted by Crippen LogP contribution is -2.52. The predicted molar refractivity (Wildman–Crippen MR) is 103 cm³/mol. The molecule has 1 saturated heterocycles. The number of hydrogen-bond donors (Lipinski definition) is 0. The van der Waals surface area contributed by atoms with E-state index in [1.165, 1.54) is 18.5 Å². The molecule has 1 saturated carbocycles. The number of piperazine rings is 1. The van der Waals surface area contributed by atoms with E-state index in [-0.39, 0.29) is 5.78 Å². The Morgan fingerprint density at radius 3 is 2.36 bits per heavy atom. The van der Waals surface area contributed by atoms with Crippen molar-refractivity contribution < 1.29 is 4.79 Å². The summed E-state index contributed by atoms with van der Waals surface area (Å²) in [6, 6.07) is 8.08. The first-order valence-corrected chi connectivity index (χ1v) is 9.72. The number of ketones is 1. The molecule has 0 amide bonds. The Hall–Kier alpha value is -1.61. The number of benzene rings is 1. The van der Waals surface area contributed by atoms with Crippen LogP contribution in [0.3, 0.4) is 0 Å². The molecule has 3 heteroatoms. The Morgan fingerprint density at radius 2 is 1.80 bits per heavy atom. The minimum Gasteiger partial charge on any atom is -0.369 e. The fourth-order valence-corrected chi connectivity index (χ4v) is 4.99. The second kappa shape index (κ2) is 6.28. The molecule has 1 heterocycles. The maximum atomic E-state index is 11.4. The van der Waals surface area contributed by atoms with Crippen molar-refractivity contribution in [1.82, 2.24) is 4.90 Å². The highest BCUT2D eigenvalue weighted by molar-refractivity contribution is 5.94. The molecule has 4 aliphatic rings. The van der Waals surface area contributed by atoms with Crippen LogP contribution in [0, 0.1) is 17.3 Å². The highest BCUT2D eigenvalue weighted by Gasteiger charge is 2.51. The molecule has 2 fully saturated rings. The van der Waals surface area contributed by atoms with Gasteiger partial charge in [0, 0.05) is 44.0 Å². The van der Waals surface area contributed by atoms with Crippen molar-refractivity contribution in [2.45, 2.75) is 33.6 Å². The van der Waals surface area contributed by atoms with Gasteiger partial charge in [0.1, 0.15) is 0 Å². The number of Topliss-reactive ketones (excluding diaryl/α,β-unsaturated/α-hetero) is 1. The summed E-state index contributed by atoms with van der Waals surface area (Å²) in [5, 5.41) is 0. The van der Waals surface area contributed by atoms with E-state index in [4.69, 9.17) is 0 Å². The van der Waals surface area contributed by atoms with Gasteiger partial charge in [0.2, 0.25) is 0 Å². The third-order valence-electron chi connectivity index (χ3n) is 7.00. The molecule has 1 aliphatic heterocycles. The van der Waals surface area contributed by atoms with Crippen molar-refractivity contribution in [1.29, 1.82) is 0 Å². The van der Waals surface area contributed by atoms with Crippen molar-refractivity contribution in [3.8, 4) is 0 Å². The highest BCUT2D eigenvalue weighted by atomic mass is 16.1. The molecule has 0 unspecified atom stereocenters. The van der Waals surface area contributed by atoms with Crippen molar-refractivity contribution in [3.63, 3.8) is 0 Å². The summed E-state index contributed by atoms with van der Waals surface area (Å²) in [4.78, 5) is 16.5. The zero-order chi connectivity index (χ0) is 17.6. The summed E-state index contributed by atoms with van der Waals surface area (Å²) in [5.74, 6) is 1.89. The minimum atomic E-state index is 0.137. The molecule has 3 nitrogen and oxygen atoms in total. The first-order chi connectivity index (χ1) is 11.9. The first kappa shape index (κ1) is 16.8. The molecular weight excluding hydrogens is 308 g/mol. The largest absolute Gasteiger partial charge is 0.369 e. The molecule has 1 aromatic rings. The van der Waals surface area contributed by atoms with Crippen LogP contribution in [0.5, 0.6) is 0 Å². The molecule has 0 aromatic heterocycles. The second-order valence-corrected chi connectivity index (χ2v) is 8.69. The van der Waals surface area contributed by atoms with Crippen LogP contribution in [0.25, 0.3) is 0 Å². The topological polar surface area (TPSA) is 23.6 Å². The number of hydrogen-bond acceptors (Lipinski definition) is 3. The van der Waals surface area contributed by atoms with Crippen molar-refractivity contribution >= 4 is 11.5 Å². The number of anilines is 1. The van der Waals surface area contributed by atoms with Crippen LogP contribution in [-0.4, -0.2) is 43.4 Å². The van der Waals surface area contributed by atoms with Gasteiger partial charge in [0.15, 0.2) is 5.78 Å². The highest BCUT2D eigenvalue weighted by Crippen LogP contribution is 2.59. The van der Waals surface area contributed by atoms with Crippen LogP contribution in [0.2, 0.25) is 0 Å². The van der Waals surface area contributed by atoms with E-state index in [0.717, 1.165) is 50.1 Å². The van der Waals surface area contributed by atoms with Crippen LogP contribution in [0.1, 0.15) is 44.0 Å². The number of rotatable bonds is 4.